The van der Waals surface area contributed by atoms with Gasteiger partial charge in [0, 0.05) is 19.3 Å². The molecule has 31 heavy (non-hydrogen) atoms. The van der Waals surface area contributed by atoms with E-state index in [0.29, 0.717) is 38.1 Å². The van der Waals surface area contributed by atoms with Gasteiger partial charge in [0.25, 0.3) is 11.8 Å². The van der Waals surface area contributed by atoms with Crippen molar-refractivity contribution < 1.29 is 9.59 Å². The number of nitrogen functional groups attached to an aromatic ring is 1. The zero-order chi connectivity index (χ0) is 22.3. The summed E-state index contributed by atoms with van der Waals surface area (Å²) in [6, 6.07) is 16.1. The fourth-order valence-electron chi connectivity index (χ4n) is 3.82. The van der Waals surface area contributed by atoms with Gasteiger partial charge in [0.1, 0.15) is 6.04 Å². The highest BCUT2D eigenvalue weighted by molar-refractivity contribution is 14.1. The SMILES string of the molecule is CC(c1ccc(Cl)cc1N)N1C(=O)c2cc(I)ccc2NC(=O)C1c1ccc(Cl)cc1. The minimum absolute atomic E-state index is 0.270. The molecule has 3 aromatic carbocycles. The monoisotopic (exact) mass is 565 g/mol. The Balaban J connectivity index is 1.90. The number of carbonyl (C=O) groups is 2. The number of fused-ring (bicyclic) bond motifs is 1. The molecule has 0 fully saturated rings. The first-order valence-corrected chi connectivity index (χ1v) is 11.3. The van der Waals surface area contributed by atoms with Crippen molar-refractivity contribution in [2.45, 2.75) is 19.0 Å². The number of nitrogens with one attached hydrogen (secondary N) is 1. The molecule has 2 unspecified atom stereocenters. The van der Waals surface area contributed by atoms with E-state index in [1.807, 2.05) is 13.0 Å². The van der Waals surface area contributed by atoms with Gasteiger partial charge < -0.3 is 16.0 Å². The zero-order valence-electron chi connectivity index (χ0n) is 16.4. The van der Waals surface area contributed by atoms with Gasteiger partial charge in [-0.05, 0) is 83.1 Å². The summed E-state index contributed by atoms with van der Waals surface area (Å²) in [5.41, 5.74) is 8.95. The van der Waals surface area contributed by atoms with Crippen LogP contribution in [0.5, 0.6) is 0 Å². The molecule has 1 aliphatic heterocycles. The molecule has 0 radical (unpaired) electrons. The van der Waals surface area contributed by atoms with E-state index in [1.54, 1.807) is 59.5 Å². The summed E-state index contributed by atoms with van der Waals surface area (Å²) >= 11 is 14.3. The van der Waals surface area contributed by atoms with Crippen LogP contribution in [0.2, 0.25) is 10.0 Å². The zero-order valence-corrected chi connectivity index (χ0v) is 20.1. The van der Waals surface area contributed by atoms with Gasteiger partial charge >= 0.3 is 0 Å². The molecule has 0 saturated carbocycles. The van der Waals surface area contributed by atoms with Crippen LogP contribution in [0.4, 0.5) is 11.4 Å². The predicted octanol–water partition coefficient (Wildman–Crippen LogP) is 6.08. The fraction of sp³-hybridized carbons (Fsp3) is 0.130. The van der Waals surface area contributed by atoms with Crippen molar-refractivity contribution in [2.24, 2.45) is 0 Å². The number of nitrogens with zero attached hydrogens (tertiary/aromatic N) is 1. The lowest BCUT2D eigenvalue weighted by Crippen LogP contribution is -2.40. The molecule has 2 atom stereocenters. The fourth-order valence-corrected chi connectivity index (χ4v) is 4.62. The predicted molar refractivity (Wildman–Crippen MR) is 132 cm³/mol. The highest BCUT2D eigenvalue weighted by atomic mass is 127. The molecule has 2 amide bonds. The highest BCUT2D eigenvalue weighted by Crippen LogP contribution is 2.39. The minimum Gasteiger partial charge on any atom is -0.398 e. The number of carbonyl (C=O) groups excluding carboxylic acids is 2. The summed E-state index contributed by atoms with van der Waals surface area (Å²) in [5, 5.41) is 3.96. The standard InChI is InChI=1S/C23H18Cl2IN3O2/c1-12(17-8-6-15(25)10-19(17)27)29-21(13-2-4-14(24)5-3-13)22(30)28-20-9-7-16(26)11-18(20)23(29)31/h2-12,21H,27H2,1H3,(H,28,30). The molecule has 1 aliphatic rings. The Kier molecular flexibility index (Phi) is 6.14. The quantitative estimate of drug-likeness (QED) is 0.299. The maximum Gasteiger partial charge on any atom is 0.257 e. The lowest BCUT2D eigenvalue weighted by atomic mass is 9.98. The van der Waals surface area contributed by atoms with Crippen molar-refractivity contribution in [2.75, 3.05) is 11.1 Å². The minimum atomic E-state index is -0.875. The average Bonchev–Trinajstić information content (AvgIpc) is 2.83. The van der Waals surface area contributed by atoms with Crippen LogP contribution in [0.1, 0.15) is 40.5 Å². The molecule has 4 rings (SSSR count). The van der Waals surface area contributed by atoms with Gasteiger partial charge in [0.05, 0.1) is 17.3 Å². The summed E-state index contributed by atoms with van der Waals surface area (Å²) in [6.45, 7) is 1.85. The first-order valence-electron chi connectivity index (χ1n) is 9.49. The third kappa shape index (κ3) is 4.24. The molecule has 0 aromatic heterocycles. The topological polar surface area (TPSA) is 75.4 Å². The maximum atomic E-state index is 13.8. The van der Waals surface area contributed by atoms with Crippen molar-refractivity contribution in [3.63, 3.8) is 0 Å². The normalized spacial score (nSPS) is 17.0. The second-order valence-electron chi connectivity index (χ2n) is 7.29. The molecule has 1 heterocycles. The van der Waals surface area contributed by atoms with Crippen LogP contribution < -0.4 is 11.1 Å². The summed E-state index contributed by atoms with van der Waals surface area (Å²) in [7, 11) is 0. The number of halogens is 3. The lowest BCUT2D eigenvalue weighted by molar-refractivity contribution is -0.121. The van der Waals surface area contributed by atoms with E-state index in [4.69, 9.17) is 28.9 Å². The number of hydrogen-bond donors (Lipinski definition) is 2. The number of anilines is 2. The van der Waals surface area contributed by atoms with Crippen LogP contribution in [0, 0.1) is 3.57 Å². The van der Waals surface area contributed by atoms with E-state index in [-0.39, 0.29) is 11.8 Å². The number of benzene rings is 3. The summed E-state index contributed by atoms with van der Waals surface area (Å²) in [5.74, 6) is -0.580. The van der Waals surface area contributed by atoms with E-state index >= 15 is 0 Å². The van der Waals surface area contributed by atoms with Crippen LogP contribution in [0.15, 0.2) is 60.7 Å². The molecule has 0 bridgehead atoms. The van der Waals surface area contributed by atoms with Crippen molar-refractivity contribution in [1.82, 2.24) is 4.90 Å². The molecule has 8 heteroatoms. The van der Waals surface area contributed by atoms with Crippen molar-refractivity contribution in [3.05, 3.63) is 91.0 Å². The maximum absolute atomic E-state index is 13.8. The Morgan fingerprint density at radius 3 is 2.35 bits per heavy atom. The smallest absolute Gasteiger partial charge is 0.257 e. The van der Waals surface area contributed by atoms with Crippen LogP contribution in [0.3, 0.4) is 0 Å². The second kappa shape index (κ2) is 8.68. The highest BCUT2D eigenvalue weighted by Gasteiger charge is 2.40. The Labute approximate surface area is 203 Å². The first-order chi connectivity index (χ1) is 14.8. The summed E-state index contributed by atoms with van der Waals surface area (Å²) in [4.78, 5) is 28.8. The molecular weight excluding hydrogens is 548 g/mol. The Hall–Kier alpha value is -2.29. The third-order valence-corrected chi connectivity index (χ3v) is 6.49. The van der Waals surface area contributed by atoms with E-state index in [1.165, 1.54) is 0 Å². The number of hydrogen-bond acceptors (Lipinski definition) is 3. The first kappa shape index (κ1) is 21.9. The summed E-state index contributed by atoms with van der Waals surface area (Å²) in [6.07, 6.45) is 0. The Morgan fingerprint density at radius 1 is 1.00 bits per heavy atom. The molecule has 0 saturated heterocycles. The average molecular weight is 566 g/mol. The van der Waals surface area contributed by atoms with Crippen molar-refractivity contribution >= 4 is 69.0 Å². The number of nitrogens with two attached hydrogens (primary N) is 1. The molecule has 0 aliphatic carbocycles. The van der Waals surface area contributed by atoms with Gasteiger partial charge in [-0.15, -0.1) is 0 Å². The largest absolute Gasteiger partial charge is 0.398 e. The van der Waals surface area contributed by atoms with Gasteiger partial charge in [-0.1, -0.05) is 41.4 Å². The Morgan fingerprint density at radius 2 is 1.68 bits per heavy atom. The van der Waals surface area contributed by atoms with Crippen molar-refractivity contribution in [1.29, 1.82) is 0 Å². The number of rotatable bonds is 3. The molecular formula is C23H18Cl2IN3O2. The van der Waals surface area contributed by atoms with E-state index in [9.17, 15) is 9.59 Å². The van der Waals surface area contributed by atoms with Gasteiger partial charge in [0.15, 0.2) is 0 Å². The van der Waals surface area contributed by atoms with Crippen LogP contribution in [-0.2, 0) is 4.79 Å². The van der Waals surface area contributed by atoms with E-state index in [0.717, 1.165) is 3.57 Å². The Bertz CT molecular complexity index is 1180. The number of amides is 2. The van der Waals surface area contributed by atoms with Crippen molar-refractivity contribution in [3.8, 4) is 0 Å². The molecule has 3 aromatic rings. The molecule has 0 spiro atoms. The van der Waals surface area contributed by atoms with Crippen LogP contribution in [-0.4, -0.2) is 16.7 Å². The van der Waals surface area contributed by atoms with Gasteiger partial charge in [-0.3, -0.25) is 9.59 Å². The lowest BCUT2D eigenvalue weighted by Gasteiger charge is -2.35. The third-order valence-electron chi connectivity index (χ3n) is 5.33. The molecule has 5 nitrogen and oxygen atoms in total. The van der Waals surface area contributed by atoms with E-state index in [2.05, 4.69) is 27.9 Å². The van der Waals surface area contributed by atoms with Gasteiger partial charge in [-0.2, -0.15) is 0 Å². The van der Waals surface area contributed by atoms with Crippen LogP contribution in [0.25, 0.3) is 0 Å². The molecule has 158 valence electrons. The summed E-state index contributed by atoms with van der Waals surface area (Å²) < 4.78 is 0.891. The second-order valence-corrected chi connectivity index (χ2v) is 9.41. The van der Waals surface area contributed by atoms with Crippen LogP contribution >= 0.6 is 45.8 Å². The van der Waals surface area contributed by atoms with Gasteiger partial charge in [-0.25, -0.2) is 0 Å². The van der Waals surface area contributed by atoms with E-state index < -0.39 is 12.1 Å². The molecule has 3 N–H and O–H groups in total. The van der Waals surface area contributed by atoms with Gasteiger partial charge in [0.2, 0.25) is 0 Å².